The zero-order chi connectivity index (χ0) is 24.1. The van der Waals surface area contributed by atoms with E-state index in [4.69, 9.17) is 16.3 Å². The maximum atomic E-state index is 12.9. The molecule has 176 valence electrons. The third-order valence-corrected chi connectivity index (χ3v) is 6.93. The fourth-order valence-corrected chi connectivity index (χ4v) is 4.84. The molecular weight excluding hydrogens is 478 g/mol. The van der Waals surface area contributed by atoms with Crippen LogP contribution in [0.25, 0.3) is 0 Å². The molecule has 1 aliphatic rings. The van der Waals surface area contributed by atoms with Crippen LogP contribution < -0.4 is 10.0 Å². The normalized spacial score (nSPS) is 13.9. The first-order valence-electron chi connectivity index (χ1n) is 10.5. The predicted octanol–water partition coefficient (Wildman–Crippen LogP) is 3.87. The summed E-state index contributed by atoms with van der Waals surface area (Å²) in [7, 11) is -3.83. The van der Waals surface area contributed by atoms with Gasteiger partial charge in [0.2, 0.25) is 0 Å². The van der Waals surface area contributed by atoms with Crippen LogP contribution in [0.3, 0.4) is 0 Å². The highest BCUT2D eigenvalue weighted by molar-refractivity contribution is 7.92. The van der Waals surface area contributed by atoms with Crippen molar-refractivity contribution in [3.05, 3.63) is 88.9 Å². The fourth-order valence-electron chi connectivity index (χ4n) is 3.45. The molecule has 0 saturated carbocycles. The average molecular weight is 500 g/mol. The van der Waals surface area contributed by atoms with Gasteiger partial charge in [-0.15, -0.1) is 0 Å². The minimum atomic E-state index is -3.83. The van der Waals surface area contributed by atoms with E-state index in [1.807, 2.05) is 0 Å². The molecule has 0 radical (unpaired) electrons. The number of ether oxygens (including phenoxy) is 1. The highest BCUT2D eigenvalue weighted by Gasteiger charge is 2.22. The van der Waals surface area contributed by atoms with Gasteiger partial charge in [0.1, 0.15) is 0 Å². The Balaban J connectivity index is 1.50. The second-order valence-electron chi connectivity index (χ2n) is 7.52. The number of carbonyl (C=O) groups is 2. The molecule has 8 nitrogen and oxygen atoms in total. The molecule has 1 aliphatic heterocycles. The van der Waals surface area contributed by atoms with Crippen LogP contribution in [0.4, 0.5) is 11.4 Å². The molecular formula is C24H22ClN3O5S. The lowest BCUT2D eigenvalue weighted by Crippen LogP contribution is -2.41. The summed E-state index contributed by atoms with van der Waals surface area (Å²) in [5.74, 6) is -0.676. The van der Waals surface area contributed by atoms with Gasteiger partial charge in [-0.3, -0.25) is 14.3 Å². The Bertz CT molecular complexity index is 1310. The minimum Gasteiger partial charge on any atom is -0.378 e. The predicted molar refractivity (Wildman–Crippen MR) is 130 cm³/mol. The van der Waals surface area contributed by atoms with Crippen molar-refractivity contribution in [1.82, 2.24) is 4.90 Å². The Hall–Kier alpha value is -3.40. The number of nitrogens with one attached hydrogen (secondary N) is 2. The molecule has 0 bridgehead atoms. The third kappa shape index (κ3) is 5.39. The number of nitrogens with zero attached hydrogens (tertiary/aromatic N) is 1. The Kier molecular flexibility index (Phi) is 7.16. The second-order valence-corrected chi connectivity index (χ2v) is 9.61. The molecule has 4 rings (SSSR count). The van der Waals surface area contributed by atoms with Crippen LogP contribution >= 0.6 is 11.6 Å². The van der Waals surface area contributed by atoms with E-state index in [0.717, 1.165) is 0 Å². The molecule has 0 unspecified atom stereocenters. The fraction of sp³-hybridized carbons (Fsp3) is 0.167. The zero-order valence-electron chi connectivity index (χ0n) is 18.0. The number of anilines is 2. The van der Waals surface area contributed by atoms with Gasteiger partial charge in [-0.25, -0.2) is 8.42 Å². The van der Waals surface area contributed by atoms with Gasteiger partial charge in [-0.1, -0.05) is 41.9 Å². The van der Waals surface area contributed by atoms with E-state index in [1.54, 1.807) is 47.4 Å². The summed E-state index contributed by atoms with van der Waals surface area (Å²) in [6.07, 6.45) is 0. The molecule has 1 fully saturated rings. The maximum Gasteiger partial charge on any atom is 0.261 e. The van der Waals surface area contributed by atoms with E-state index >= 15 is 0 Å². The molecule has 1 saturated heterocycles. The SMILES string of the molecule is O=C(Nc1ccccc1C(=O)N1CCOCC1)c1ccc(NS(=O)(=O)c2ccccc2)c(Cl)c1. The van der Waals surface area contributed by atoms with Crippen LogP contribution in [0.5, 0.6) is 0 Å². The lowest BCUT2D eigenvalue weighted by Gasteiger charge is -2.27. The monoisotopic (exact) mass is 499 g/mol. The Labute approximate surface area is 202 Å². The van der Waals surface area contributed by atoms with E-state index in [-0.39, 0.29) is 27.1 Å². The number of morpholine rings is 1. The zero-order valence-corrected chi connectivity index (χ0v) is 19.6. The van der Waals surface area contributed by atoms with Gasteiger partial charge in [0.05, 0.1) is 40.1 Å². The number of hydrogen-bond acceptors (Lipinski definition) is 5. The van der Waals surface area contributed by atoms with E-state index < -0.39 is 15.9 Å². The molecule has 3 aromatic rings. The van der Waals surface area contributed by atoms with E-state index in [0.29, 0.717) is 37.6 Å². The highest BCUT2D eigenvalue weighted by Crippen LogP contribution is 2.27. The first-order chi connectivity index (χ1) is 16.3. The first-order valence-corrected chi connectivity index (χ1v) is 12.4. The summed E-state index contributed by atoms with van der Waals surface area (Å²) in [4.78, 5) is 27.6. The summed E-state index contributed by atoms with van der Waals surface area (Å²) in [6.45, 7) is 1.91. The van der Waals surface area contributed by atoms with Crippen molar-refractivity contribution in [1.29, 1.82) is 0 Å². The number of benzene rings is 3. The van der Waals surface area contributed by atoms with Crippen molar-refractivity contribution >= 4 is 44.8 Å². The number of sulfonamides is 1. The van der Waals surface area contributed by atoms with Gasteiger partial charge in [0.15, 0.2) is 0 Å². The van der Waals surface area contributed by atoms with Crippen molar-refractivity contribution in [2.75, 3.05) is 36.3 Å². The molecule has 0 atom stereocenters. The highest BCUT2D eigenvalue weighted by atomic mass is 35.5. The molecule has 34 heavy (non-hydrogen) atoms. The summed E-state index contributed by atoms with van der Waals surface area (Å²) >= 11 is 6.27. The Morgan fingerprint density at radius 2 is 1.56 bits per heavy atom. The van der Waals surface area contributed by atoms with Gasteiger partial charge in [0, 0.05) is 18.7 Å². The summed E-state index contributed by atoms with van der Waals surface area (Å²) in [6, 6.07) is 18.9. The van der Waals surface area contributed by atoms with Gasteiger partial charge in [-0.05, 0) is 42.5 Å². The number of amides is 2. The van der Waals surface area contributed by atoms with Gasteiger partial charge in [0.25, 0.3) is 21.8 Å². The van der Waals surface area contributed by atoms with Crippen LogP contribution in [0.15, 0.2) is 77.7 Å². The van der Waals surface area contributed by atoms with Crippen molar-refractivity contribution in [3.63, 3.8) is 0 Å². The standard InChI is InChI=1S/C24H22ClN3O5S/c25-20-16-17(10-11-22(20)27-34(31,32)18-6-2-1-3-7-18)23(29)26-21-9-5-4-8-19(21)24(30)28-12-14-33-15-13-28/h1-11,16,27H,12-15H2,(H,26,29). The first kappa shape index (κ1) is 23.7. The average Bonchev–Trinajstić information content (AvgIpc) is 2.86. The number of carbonyl (C=O) groups excluding carboxylic acids is 2. The maximum absolute atomic E-state index is 12.9. The number of para-hydroxylation sites is 1. The summed E-state index contributed by atoms with van der Waals surface area (Å²) in [5.41, 5.74) is 1.09. The molecule has 10 heteroatoms. The number of halogens is 1. The van der Waals surface area contributed by atoms with E-state index in [2.05, 4.69) is 10.0 Å². The van der Waals surface area contributed by atoms with Crippen molar-refractivity contribution in [2.24, 2.45) is 0 Å². The molecule has 0 aromatic heterocycles. The third-order valence-electron chi connectivity index (χ3n) is 5.23. The molecule has 0 spiro atoms. The summed E-state index contributed by atoms with van der Waals surface area (Å²) in [5, 5.41) is 2.81. The summed E-state index contributed by atoms with van der Waals surface area (Å²) < 4.78 is 32.8. The van der Waals surface area contributed by atoms with E-state index in [9.17, 15) is 18.0 Å². The van der Waals surface area contributed by atoms with Crippen LogP contribution in [-0.4, -0.2) is 51.4 Å². The molecule has 2 N–H and O–H groups in total. The lowest BCUT2D eigenvalue weighted by molar-refractivity contribution is 0.0303. The molecule has 2 amide bonds. The Morgan fingerprint density at radius 3 is 2.26 bits per heavy atom. The molecule has 1 heterocycles. The quantitative estimate of drug-likeness (QED) is 0.535. The van der Waals surface area contributed by atoms with Gasteiger partial charge < -0.3 is 15.0 Å². The van der Waals surface area contributed by atoms with Crippen LogP contribution in [0.1, 0.15) is 20.7 Å². The van der Waals surface area contributed by atoms with E-state index in [1.165, 1.54) is 30.3 Å². The van der Waals surface area contributed by atoms with Crippen LogP contribution in [-0.2, 0) is 14.8 Å². The van der Waals surface area contributed by atoms with Crippen molar-refractivity contribution in [3.8, 4) is 0 Å². The number of hydrogen-bond donors (Lipinski definition) is 2. The molecule has 0 aliphatic carbocycles. The van der Waals surface area contributed by atoms with Crippen LogP contribution in [0, 0.1) is 0 Å². The smallest absolute Gasteiger partial charge is 0.261 e. The minimum absolute atomic E-state index is 0.0600. The Morgan fingerprint density at radius 1 is 0.882 bits per heavy atom. The van der Waals surface area contributed by atoms with Gasteiger partial charge >= 0.3 is 0 Å². The van der Waals surface area contributed by atoms with Crippen molar-refractivity contribution in [2.45, 2.75) is 4.90 Å². The topological polar surface area (TPSA) is 105 Å². The molecule has 3 aromatic carbocycles. The lowest BCUT2D eigenvalue weighted by atomic mass is 10.1. The largest absolute Gasteiger partial charge is 0.378 e. The van der Waals surface area contributed by atoms with Crippen LogP contribution in [0.2, 0.25) is 5.02 Å². The second kappa shape index (κ2) is 10.3. The number of rotatable bonds is 6. The van der Waals surface area contributed by atoms with Crippen molar-refractivity contribution < 1.29 is 22.7 Å². The van der Waals surface area contributed by atoms with Gasteiger partial charge in [-0.2, -0.15) is 0 Å².